The fourth-order valence-electron chi connectivity index (χ4n) is 2.11. The molecule has 98 valence electrons. The normalized spacial score (nSPS) is 13.1. The van der Waals surface area contributed by atoms with Crippen LogP contribution in [0.1, 0.15) is 50.5 Å². The number of aromatic nitrogens is 2. The molecule has 4 heteroatoms. The van der Waals surface area contributed by atoms with Gasteiger partial charge >= 0.3 is 0 Å². The summed E-state index contributed by atoms with van der Waals surface area (Å²) < 4.78 is 7.26. The summed E-state index contributed by atoms with van der Waals surface area (Å²) in [6.45, 7) is 7.42. The Morgan fingerprint density at radius 1 is 1.39 bits per heavy atom. The molecule has 0 aliphatic rings. The van der Waals surface area contributed by atoms with Crippen molar-refractivity contribution in [1.82, 2.24) is 15.1 Å². The molecule has 0 radical (unpaired) electrons. The van der Waals surface area contributed by atoms with E-state index in [1.165, 1.54) is 5.69 Å². The summed E-state index contributed by atoms with van der Waals surface area (Å²) >= 11 is 0. The third kappa shape index (κ3) is 2.64. The van der Waals surface area contributed by atoms with E-state index in [2.05, 4.69) is 41.9 Å². The molecular formula is C14H21N3O. The molecule has 0 bridgehead atoms. The Bertz CT molecular complexity index is 459. The lowest BCUT2D eigenvalue weighted by atomic mass is 10.1. The lowest BCUT2D eigenvalue weighted by Crippen LogP contribution is -2.26. The minimum Gasteiger partial charge on any atom is -0.472 e. The zero-order chi connectivity index (χ0) is 13.0. The molecule has 0 amide bonds. The van der Waals surface area contributed by atoms with Crippen molar-refractivity contribution in [3.8, 4) is 0 Å². The minimum atomic E-state index is 0.147. The number of hydrogen-bond acceptors (Lipinski definition) is 3. The lowest BCUT2D eigenvalue weighted by Gasteiger charge is -2.20. The molecular weight excluding hydrogens is 226 g/mol. The summed E-state index contributed by atoms with van der Waals surface area (Å²) in [5.41, 5.74) is 2.32. The van der Waals surface area contributed by atoms with E-state index in [9.17, 15) is 0 Å². The third-order valence-corrected chi connectivity index (χ3v) is 2.96. The molecule has 0 aliphatic carbocycles. The number of nitrogens with one attached hydrogen (secondary N) is 1. The third-order valence-electron chi connectivity index (χ3n) is 2.96. The zero-order valence-corrected chi connectivity index (χ0v) is 11.3. The van der Waals surface area contributed by atoms with Gasteiger partial charge in [0.1, 0.15) is 0 Å². The van der Waals surface area contributed by atoms with E-state index < -0.39 is 0 Å². The summed E-state index contributed by atoms with van der Waals surface area (Å²) in [6, 6.07) is 4.58. The average molecular weight is 247 g/mol. The van der Waals surface area contributed by atoms with Crippen molar-refractivity contribution >= 4 is 0 Å². The molecule has 1 atom stereocenters. The van der Waals surface area contributed by atoms with Gasteiger partial charge in [-0.1, -0.05) is 6.92 Å². The van der Waals surface area contributed by atoms with Crippen molar-refractivity contribution in [3.05, 3.63) is 42.1 Å². The smallest absolute Gasteiger partial charge is 0.0954 e. The Kier molecular flexibility index (Phi) is 4.20. The molecule has 1 N–H and O–H groups in total. The maximum absolute atomic E-state index is 5.20. The van der Waals surface area contributed by atoms with E-state index >= 15 is 0 Å². The highest BCUT2D eigenvalue weighted by molar-refractivity contribution is 5.24. The van der Waals surface area contributed by atoms with Crippen LogP contribution in [0.25, 0.3) is 0 Å². The van der Waals surface area contributed by atoms with E-state index in [1.54, 1.807) is 12.5 Å². The van der Waals surface area contributed by atoms with Gasteiger partial charge in [-0.25, -0.2) is 0 Å². The number of rotatable bonds is 6. The van der Waals surface area contributed by atoms with Gasteiger partial charge in [0.15, 0.2) is 0 Å². The van der Waals surface area contributed by atoms with Gasteiger partial charge in [-0.3, -0.25) is 4.68 Å². The van der Waals surface area contributed by atoms with Crippen molar-refractivity contribution in [2.45, 2.75) is 39.3 Å². The van der Waals surface area contributed by atoms with Crippen molar-refractivity contribution < 1.29 is 4.42 Å². The number of hydrogen-bond donors (Lipinski definition) is 1. The highest BCUT2D eigenvalue weighted by Gasteiger charge is 2.19. The van der Waals surface area contributed by atoms with Crippen LogP contribution in [-0.4, -0.2) is 16.3 Å². The predicted octanol–water partition coefficient (Wildman–Crippen LogP) is 3.15. The van der Waals surface area contributed by atoms with Crippen molar-refractivity contribution in [3.63, 3.8) is 0 Å². The van der Waals surface area contributed by atoms with Crippen LogP contribution in [0, 0.1) is 0 Å². The Labute approximate surface area is 108 Å². The molecule has 0 aromatic carbocycles. The minimum absolute atomic E-state index is 0.147. The Balaban J connectivity index is 2.31. The average Bonchev–Trinajstić information content (AvgIpc) is 3.00. The lowest BCUT2D eigenvalue weighted by molar-refractivity contribution is 0.468. The van der Waals surface area contributed by atoms with Crippen LogP contribution in [0.4, 0.5) is 0 Å². The fourth-order valence-corrected chi connectivity index (χ4v) is 2.11. The van der Waals surface area contributed by atoms with Crippen molar-refractivity contribution in [2.24, 2.45) is 0 Å². The number of nitrogens with zero attached hydrogens (tertiary/aromatic N) is 2. The van der Waals surface area contributed by atoms with E-state index in [0.717, 1.165) is 18.5 Å². The second-order valence-electron chi connectivity index (χ2n) is 4.74. The van der Waals surface area contributed by atoms with Crippen molar-refractivity contribution in [1.29, 1.82) is 0 Å². The van der Waals surface area contributed by atoms with Crippen LogP contribution < -0.4 is 5.32 Å². The highest BCUT2D eigenvalue weighted by Crippen LogP contribution is 2.24. The number of furan rings is 1. The summed E-state index contributed by atoms with van der Waals surface area (Å²) in [5.74, 6) is 0. The molecule has 0 fully saturated rings. The monoisotopic (exact) mass is 247 g/mol. The first kappa shape index (κ1) is 12.9. The van der Waals surface area contributed by atoms with Crippen LogP contribution in [0.3, 0.4) is 0 Å². The summed E-state index contributed by atoms with van der Waals surface area (Å²) in [6.07, 6.45) is 6.47. The molecule has 0 saturated carbocycles. The second kappa shape index (κ2) is 5.87. The molecule has 18 heavy (non-hydrogen) atoms. The van der Waals surface area contributed by atoms with Gasteiger partial charge in [0.2, 0.25) is 0 Å². The maximum Gasteiger partial charge on any atom is 0.0954 e. The first-order valence-corrected chi connectivity index (χ1v) is 6.53. The molecule has 1 unspecified atom stereocenters. The largest absolute Gasteiger partial charge is 0.472 e. The van der Waals surface area contributed by atoms with Crippen LogP contribution in [-0.2, 0) is 0 Å². The Morgan fingerprint density at radius 2 is 2.22 bits per heavy atom. The molecule has 2 rings (SSSR count). The van der Waals surface area contributed by atoms with Crippen LogP contribution >= 0.6 is 0 Å². The molecule has 0 aliphatic heterocycles. The van der Waals surface area contributed by atoms with Gasteiger partial charge in [-0.05, 0) is 38.9 Å². The van der Waals surface area contributed by atoms with E-state index in [1.807, 2.05) is 12.3 Å². The van der Waals surface area contributed by atoms with Gasteiger partial charge in [-0.2, -0.15) is 5.10 Å². The van der Waals surface area contributed by atoms with Gasteiger partial charge in [0.05, 0.1) is 24.3 Å². The first-order chi connectivity index (χ1) is 8.74. The molecule has 0 saturated heterocycles. The second-order valence-corrected chi connectivity index (χ2v) is 4.74. The van der Waals surface area contributed by atoms with Gasteiger partial charge in [-0.15, -0.1) is 0 Å². The molecule has 4 nitrogen and oxygen atoms in total. The maximum atomic E-state index is 5.20. The summed E-state index contributed by atoms with van der Waals surface area (Å²) in [7, 11) is 0. The highest BCUT2D eigenvalue weighted by atomic mass is 16.3. The van der Waals surface area contributed by atoms with Gasteiger partial charge in [0, 0.05) is 17.8 Å². The van der Waals surface area contributed by atoms with E-state index in [4.69, 9.17) is 4.42 Å². The SMILES string of the molecule is CCCNC(c1ccoc1)c1ccnn1C(C)C. The molecule has 0 spiro atoms. The Morgan fingerprint density at radius 3 is 2.83 bits per heavy atom. The first-order valence-electron chi connectivity index (χ1n) is 6.53. The summed E-state index contributed by atoms with van der Waals surface area (Å²) in [5, 5.41) is 7.95. The fraction of sp³-hybridized carbons (Fsp3) is 0.500. The molecule has 2 aromatic rings. The van der Waals surface area contributed by atoms with Crippen LogP contribution in [0.5, 0.6) is 0 Å². The summed E-state index contributed by atoms with van der Waals surface area (Å²) in [4.78, 5) is 0. The topological polar surface area (TPSA) is 43.0 Å². The zero-order valence-electron chi connectivity index (χ0n) is 11.3. The molecule has 2 aromatic heterocycles. The van der Waals surface area contributed by atoms with Crippen molar-refractivity contribution in [2.75, 3.05) is 6.54 Å². The van der Waals surface area contributed by atoms with Crippen LogP contribution in [0.15, 0.2) is 35.3 Å². The Hall–Kier alpha value is -1.55. The van der Waals surface area contributed by atoms with E-state index in [0.29, 0.717) is 6.04 Å². The standard InChI is InChI=1S/C14H21N3O/c1-4-7-15-14(12-6-9-18-10-12)13-5-8-16-17(13)11(2)3/h5-6,8-11,14-15H,4,7H2,1-3H3. The van der Waals surface area contributed by atoms with E-state index in [-0.39, 0.29) is 6.04 Å². The quantitative estimate of drug-likeness (QED) is 0.852. The van der Waals surface area contributed by atoms with Crippen LogP contribution in [0.2, 0.25) is 0 Å². The molecule has 2 heterocycles. The predicted molar refractivity (Wildman–Crippen MR) is 71.5 cm³/mol. The van der Waals surface area contributed by atoms with Gasteiger partial charge < -0.3 is 9.73 Å². The van der Waals surface area contributed by atoms with Gasteiger partial charge in [0.25, 0.3) is 0 Å².